The maximum atomic E-state index is 5.94. The monoisotopic (exact) mass is 258 g/mol. The number of nitrogens with two attached hydrogens (primary N) is 1. The van der Waals surface area contributed by atoms with E-state index >= 15 is 0 Å². The molecule has 0 aliphatic rings. The molecular weight excluding hydrogens is 236 g/mol. The van der Waals surface area contributed by atoms with Crippen LogP contribution in [0.2, 0.25) is 0 Å². The Morgan fingerprint density at radius 1 is 1.21 bits per heavy atom. The minimum Gasteiger partial charge on any atom is -0.330 e. The number of hydrogen-bond acceptors (Lipinski definition) is 3. The maximum absolute atomic E-state index is 5.94. The van der Waals surface area contributed by atoms with Crippen LogP contribution < -0.4 is 5.73 Å². The van der Waals surface area contributed by atoms with E-state index in [-0.39, 0.29) is 11.3 Å². The van der Waals surface area contributed by atoms with Gasteiger partial charge in [0, 0.05) is 18.2 Å². The largest absolute Gasteiger partial charge is 0.330 e. The van der Waals surface area contributed by atoms with Crippen molar-refractivity contribution < 1.29 is 0 Å². The Morgan fingerprint density at radius 3 is 2.47 bits per heavy atom. The highest BCUT2D eigenvalue weighted by molar-refractivity contribution is 5.32. The quantitative estimate of drug-likeness (QED) is 0.917. The number of nitrogens with zero attached hydrogens (tertiary/aromatic N) is 3. The van der Waals surface area contributed by atoms with Crippen molar-refractivity contribution in [1.82, 2.24) is 14.8 Å². The van der Waals surface area contributed by atoms with E-state index in [1.165, 1.54) is 0 Å². The second-order valence-electron chi connectivity index (χ2n) is 6.09. The van der Waals surface area contributed by atoms with Gasteiger partial charge in [-0.05, 0) is 24.0 Å². The van der Waals surface area contributed by atoms with Gasteiger partial charge < -0.3 is 5.73 Å². The van der Waals surface area contributed by atoms with Gasteiger partial charge in [0.15, 0.2) is 0 Å². The minimum atomic E-state index is 0.220. The molecule has 0 fully saturated rings. The normalized spacial score (nSPS) is 13.5. The Kier molecular flexibility index (Phi) is 4.00. The van der Waals surface area contributed by atoms with Crippen LogP contribution in [-0.2, 0) is 0 Å². The average molecular weight is 258 g/mol. The van der Waals surface area contributed by atoms with Gasteiger partial charge >= 0.3 is 0 Å². The third-order valence-corrected chi connectivity index (χ3v) is 3.12. The number of para-hydroxylation sites is 1. The minimum absolute atomic E-state index is 0.220. The van der Waals surface area contributed by atoms with Crippen LogP contribution in [0.25, 0.3) is 5.69 Å². The second-order valence-corrected chi connectivity index (χ2v) is 6.09. The van der Waals surface area contributed by atoms with Gasteiger partial charge in [0.05, 0.1) is 0 Å². The highest BCUT2D eigenvalue weighted by atomic mass is 15.3. The summed E-state index contributed by atoms with van der Waals surface area (Å²) in [6.45, 7) is 7.25. The predicted octanol–water partition coefficient (Wildman–Crippen LogP) is 2.75. The third kappa shape index (κ3) is 3.41. The van der Waals surface area contributed by atoms with Crippen molar-refractivity contribution in [2.24, 2.45) is 11.1 Å². The molecule has 0 bridgehead atoms. The molecule has 1 unspecified atom stereocenters. The lowest BCUT2D eigenvalue weighted by atomic mass is 9.84. The Morgan fingerprint density at radius 2 is 1.89 bits per heavy atom. The van der Waals surface area contributed by atoms with E-state index in [0.717, 1.165) is 17.9 Å². The van der Waals surface area contributed by atoms with E-state index in [0.29, 0.717) is 6.54 Å². The molecule has 19 heavy (non-hydrogen) atoms. The zero-order chi connectivity index (χ0) is 13.9. The first-order chi connectivity index (χ1) is 9.01. The number of hydrogen-bond donors (Lipinski definition) is 1. The lowest BCUT2D eigenvalue weighted by Gasteiger charge is -2.24. The number of aromatic nitrogens is 3. The fraction of sp³-hybridized carbons (Fsp3) is 0.467. The summed E-state index contributed by atoms with van der Waals surface area (Å²) in [5, 5.41) is 8.34. The van der Waals surface area contributed by atoms with Crippen LogP contribution in [0.1, 0.15) is 38.9 Å². The van der Waals surface area contributed by atoms with Gasteiger partial charge in [-0.2, -0.15) is 0 Å². The molecule has 1 aromatic heterocycles. The summed E-state index contributed by atoms with van der Waals surface area (Å²) < 4.78 is 2.03. The Hall–Kier alpha value is -1.68. The van der Waals surface area contributed by atoms with Gasteiger partial charge in [-0.1, -0.05) is 39.0 Å². The zero-order valence-electron chi connectivity index (χ0n) is 11.9. The zero-order valence-corrected chi connectivity index (χ0v) is 11.9. The van der Waals surface area contributed by atoms with Crippen LogP contribution in [-0.4, -0.2) is 21.3 Å². The van der Waals surface area contributed by atoms with Crippen LogP contribution in [0.3, 0.4) is 0 Å². The van der Waals surface area contributed by atoms with Crippen LogP contribution >= 0.6 is 0 Å². The van der Waals surface area contributed by atoms with Gasteiger partial charge in [0.25, 0.3) is 0 Å². The highest BCUT2D eigenvalue weighted by Crippen LogP contribution is 2.30. The van der Waals surface area contributed by atoms with Crippen molar-refractivity contribution in [2.45, 2.75) is 33.1 Å². The molecule has 1 atom stereocenters. The molecule has 0 saturated carbocycles. The van der Waals surface area contributed by atoms with Crippen LogP contribution in [0.15, 0.2) is 36.7 Å². The molecule has 2 rings (SSSR count). The van der Waals surface area contributed by atoms with Gasteiger partial charge in [0.2, 0.25) is 0 Å². The number of rotatable bonds is 4. The van der Waals surface area contributed by atoms with Crippen molar-refractivity contribution in [3.05, 3.63) is 42.5 Å². The van der Waals surface area contributed by atoms with Crippen molar-refractivity contribution in [1.29, 1.82) is 0 Å². The van der Waals surface area contributed by atoms with E-state index in [1.807, 2.05) is 22.8 Å². The van der Waals surface area contributed by atoms with Gasteiger partial charge in [-0.15, -0.1) is 10.2 Å². The van der Waals surface area contributed by atoms with Gasteiger partial charge in [-0.25, -0.2) is 0 Å². The van der Waals surface area contributed by atoms with E-state index in [9.17, 15) is 0 Å². The first-order valence-electron chi connectivity index (χ1n) is 6.66. The predicted molar refractivity (Wildman–Crippen MR) is 77.2 cm³/mol. The fourth-order valence-electron chi connectivity index (χ4n) is 2.33. The molecule has 0 aliphatic carbocycles. The Bertz CT molecular complexity index is 510. The standard InChI is InChI=1S/C15H22N4/c1-15(2,3)9-12(10-16)14-18-17-11-19(14)13-7-5-4-6-8-13/h4-8,11-12H,9-10,16H2,1-3H3. The number of benzene rings is 1. The Labute approximate surface area is 114 Å². The molecule has 4 heteroatoms. The lowest BCUT2D eigenvalue weighted by Crippen LogP contribution is -2.22. The molecule has 0 aliphatic heterocycles. The van der Waals surface area contributed by atoms with E-state index in [4.69, 9.17) is 5.73 Å². The molecule has 0 saturated heterocycles. The van der Waals surface area contributed by atoms with Gasteiger partial charge in [0.1, 0.15) is 12.2 Å². The van der Waals surface area contributed by atoms with Crippen molar-refractivity contribution in [3.63, 3.8) is 0 Å². The van der Waals surface area contributed by atoms with Crippen LogP contribution in [0.5, 0.6) is 0 Å². The van der Waals surface area contributed by atoms with Crippen molar-refractivity contribution in [2.75, 3.05) is 6.54 Å². The first-order valence-corrected chi connectivity index (χ1v) is 6.66. The van der Waals surface area contributed by atoms with E-state index in [1.54, 1.807) is 6.33 Å². The molecule has 0 radical (unpaired) electrons. The smallest absolute Gasteiger partial charge is 0.141 e. The molecular formula is C15H22N4. The molecule has 0 spiro atoms. The van der Waals surface area contributed by atoms with Crippen LogP contribution in [0.4, 0.5) is 0 Å². The molecule has 1 heterocycles. The van der Waals surface area contributed by atoms with Crippen molar-refractivity contribution >= 4 is 0 Å². The topological polar surface area (TPSA) is 56.7 Å². The van der Waals surface area contributed by atoms with Crippen LogP contribution in [0, 0.1) is 5.41 Å². The highest BCUT2D eigenvalue weighted by Gasteiger charge is 2.23. The third-order valence-electron chi connectivity index (χ3n) is 3.12. The molecule has 2 aromatic rings. The van der Waals surface area contributed by atoms with Crippen molar-refractivity contribution in [3.8, 4) is 5.69 Å². The SMILES string of the molecule is CC(C)(C)CC(CN)c1nncn1-c1ccccc1. The summed E-state index contributed by atoms with van der Waals surface area (Å²) in [7, 11) is 0. The summed E-state index contributed by atoms with van der Waals surface area (Å²) in [4.78, 5) is 0. The summed E-state index contributed by atoms with van der Waals surface area (Å²) in [6, 6.07) is 10.1. The first kappa shape index (κ1) is 13.7. The molecule has 4 nitrogen and oxygen atoms in total. The molecule has 2 N–H and O–H groups in total. The summed E-state index contributed by atoms with van der Waals surface area (Å²) in [5.74, 6) is 1.17. The summed E-state index contributed by atoms with van der Waals surface area (Å²) in [5.41, 5.74) is 7.24. The maximum Gasteiger partial charge on any atom is 0.141 e. The van der Waals surface area contributed by atoms with E-state index in [2.05, 4.69) is 43.1 Å². The summed E-state index contributed by atoms with van der Waals surface area (Å²) >= 11 is 0. The molecule has 0 amide bonds. The average Bonchev–Trinajstić information content (AvgIpc) is 2.85. The van der Waals surface area contributed by atoms with E-state index < -0.39 is 0 Å². The lowest BCUT2D eigenvalue weighted by molar-refractivity contribution is 0.334. The Balaban J connectivity index is 2.33. The molecule has 102 valence electrons. The van der Waals surface area contributed by atoms with Gasteiger partial charge in [-0.3, -0.25) is 4.57 Å². The second kappa shape index (κ2) is 5.53. The fourth-order valence-corrected chi connectivity index (χ4v) is 2.33. The molecule has 1 aromatic carbocycles. The summed E-state index contributed by atoms with van der Waals surface area (Å²) in [6.07, 6.45) is 2.75.